The second-order valence-electron chi connectivity index (χ2n) is 7.14. The molecule has 0 aromatic carbocycles. The van der Waals surface area contributed by atoms with Crippen LogP contribution >= 0.6 is 0 Å². The number of nitrogens with one attached hydrogen (secondary N) is 1. The van der Waals surface area contributed by atoms with Crippen molar-refractivity contribution in [2.24, 2.45) is 20.0 Å². The van der Waals surface area contributed by atoms with Crippen LogP contribution in [0, 0.1) is 17.4 Å². The molecule has 0 spiro atoms. The number of ether oxygens (including phenoxy) is 6. The summed E-state index contributed by atoms with van der Waals surface area (Å²) in [6.07, 6.45) is -9.42. The van der Waals surface area contributed by atoms with Gasteiger partial charge < -0.3 is 39.2 Å². The minimum absolute atomic E-state index is 0. The zero-order chi connectivity index (χ0) is 34.0. The van der Waals surface area contributed by atoms with Gasteiger partial charge in [0.15, 0.2) is 5.71 Å². The third kappa shape index (κ3) is 24.1. The van der Waals surface area contributed by atoms with Gasteiger partial charge in [-0.05, 0) is 0 Å². The second kappa shape index (κ2) is 30.2. The van der Waals surface area contributed by atoms with Crippen LogP contribution in [0.15, 0.2) is 31.4 Å². The van der Waals surface area contributed by atoms with Crippen LogP contribution in [0.3, 0.4) is 0 Å². The Balaban J connectivity index is -0.000000256. The molecule has 0 aliphatic carbocycles. The number of halogens is 6. The van der Waals surface area contributed by atoms with Gasteiger partial charge in [0.1, 0.15) is 17.5 Å². The van der Waals surface area contributed by atoms with Crippen molar-refractivity contribution in [2.45, 2.75) is 12.4 Å². The molecule has 0 amide bonds. The average molecular weight is 686 g/mol. The molecule has 0 unspecified atom stereocenters. The Kier molecular flexibility index (Phi) is 33.4. The molecular formula is C24H29F6N8Na2O6+. The van der Waals surface area contributed by atoms with Crippen LogP contribution in [0.2, 0.25) is 0 Å². The summed E-state index contributed by atoms with van der Waals surface area (Å²) in [5.41, 5.74) is -2.23. The van der Waals surface area contributed by atoms with E-state index in [1.165, 1.54) is 17.8 Å². The van der Waals surface area contributed by atoms with E-state index in [2.05, 4.69) is 20.0 Å². The van der Waals surface area contributed by atoms with Crippen LogP contribution in [0.25, 0.3) is 10.8 Å². The maximum absolute atomic E-state index is 11.9. The number of alkyl halides is 6. The van der Waals surface area contributed by atoms with Gasteiger partial charge in [-0.25, -0.2) is 31.7 Å². The molecule has 0 saturated carbocycles. The Morgan fingerprint density at radius 2 is 0.913 bits per heavy atom. The van der Waals surface area contributed by atoms with Crippen LogP contribution in [0.1, 0.15) is 0 Å². The number of allylic oxidation sites excluding steroid dienone is 2. The molecule has 0 saturated heterocycles. The summed E-state index contributed by atoms with van der Waals surface area (Å²) in [4.78, 5) is 11.5. The van der Waals surface area contributed by atoms with Crippen molar-refractivity contribution in [1.29, 1.82) is 5.26 Å². The Bertz CT molecular complexity index is 1100. The van der Waals surface area contributed by atoms with Gasteiger partial charge in [0.25, 0.3) is 0 Å². The first kappa shape index (κ1) is 50.7. The first-order chi connectivity index (χ1) is 20.8. The molecule has 22 heteroatoms. The molecule has 0 fully saturated rings. The molecule has 244 valence electrons. The van der Waals surface area contributed by atoms with E-state index in [0.717, 1.165) is 0 Å². The summed E-state index contributed by atoms with van der Waals surface area (Å²) in [6, 6.07) is 2.94. The predicted molar refractivity (Wildman–Crippen MR) is 145 cm³/mol. The molecule has 2 aliphatic heterocycles. The van der Waals surface area contributed by atoms with E-state index in [1.54, 1.807) is 34.5 Å². The normalized spacial score (nSPS) is 13.0. The van der Waals surface area contributed by atoms with Crippen molar-refractivity contribution in [1.82, 2.24) is 0 Å². The molecule has 0 radical (unpaired) electrons. The van der Waals surface area contributed by atoms with Gasteiger partial charge in [0.05, 0.1) is 52.9 Å². The van der Waals surface area contributed by atoms with Gasteiger partial charge in [-0.1, -0.05) is 5.26 Å². The molecule has 2 aliphatic rings. The number of rotatable bonds is 12. The minimum Gasteiger partial charge on any atom is -0.761 e. The van der Waals surface area contributed by atoms with Gasteiger partial charge in [0, 0.05) is 28.4 Å². The summed E-state index contributed by atoms with van der Waals surface area (Å²) in [5, 5.41) is 31.3. The number of aliphatic imine (C=N–C) groups is 4. The fourth-order valence-corrected chi connectivity index (χ4v) is 2.03. The van der Waals surface area contributed by atoms with Gasteiger partial charge in [-0.3, -0.25) is 0 Å². The van der Waals surface area contributed by atoms with Crippen molar-refractivity contribution >= 4 is 34.8 Å². The van der Waals surface area contributed by atoms with Crippen LogP contribution in [-0.4, -0.2) is 128 Å². The van der Waals surface area contributed by atoms with Gasteiger partial charge in [-0.2, -0.15) is 31.6 Å². The van der Waals surface area contributed by atoms with E-state index in [4.69, 9.17) is 49.8 Å². The topological polar surface area (TPSA) is 197 Å². The van der Waals surface area contributed by atoms with Gasteiger partial charge >= 0.3 is 77.5 Å². The van der Waals surface area contributed by atoms with Crippen LogP contribution < -0.4 is 64.4 Å². The van der Waals surface area contributed by atoms with Crippen molar-refractivity contribution in [3.05, 3.63) is 22.2 Å². The standard InChI is InChI=1S/2C6F3N4.2C6H14O3.2Na/c2*7-6(8,9)5-12-3(1-10)4(2-11)13-5;2*1-7-3-5-9-6-4-8-2;;/h;;2*3-6H2,1-2H3;;/q2*-1;;;2*+1/p+1. The molecule has 0 aromatic rings. The predicted octanol–water partition coefficient (Wildman–Crippen LogP) is -5.05. The Hall–Kier alpha value is -2.10. The fourth-order valence-electron chi connectivity index (χ4n) is 2.03. The minimum atomic E-state index is -4.72. The molecule has 14 nitrogen and oxygen atoms in total. The van der Waals surface area contributed by atoms with Gasteiger partial charge in [0.2, 0.25) is 17.4 Å². The summed E-state index contributed by atoms with van der Waals surface area (Å²) < 4.78 is 101. The van der Waals surface area contributed by atoms with Crippen LogP contribution in [0.4, 0.5) is 26.3 Å². The van der Waals surface area contributed by atoms with E-state index in [9.17, 15) is 26.3 Å². The van der Waals surface area contributed by atoms with Gasteiger partial charge in [-0.15, -0.1) is 0 Å². The van der Waals surface area contributed by atoms with Crippen molar-refractivity contribution in [2.75, 3.05) is 81.3 Å². The van der Waals surface area contributed by atoms with Crippen LogP contribution in [-0.2, 0) is 28.4 Å². The molecular weight excluding hydrogens is 656 g/mol. The fraction of sp³-hybridized carbons (Fsp3) is 0.583. The number of methoxy groups -OCH3 is 4. The van der Waals surface area contributed by atoms with E-state index in [-0.39, 0.29) is 59.1 Å². The molecule has 46 heavy (non-hydrogen) atoms. The molecule has 2 rings (SSSR count). The van der Waals surface area contributed by atoms with Crippen molar-refractivity contribution in [3.63, 3.8) is 0 Å². The molecule has 0 atom stereocenters. The number of hydrogen-bond donors (Lipinski definition) is 1. The monoisotopic (exact) mass is 685 g/mol. The Morgan fingerprint density at radius 3 is 1.11 bits per heavy atom. The average Bonchev–Trinajstić information content (AvgIpc) is 3.62. The Labute approximate surface area is 305 Å². The third-order valence-corrected chi connectivity index (χ3v) is 3.99. The number of nitrogens with zero attached hydrogens (tertiary/aromatic N) is 7. The van der Waals surface area contributed by atoms with E-state index >= 15 is 0 Å². The van der Waals surface area contributed by atoms with E-state index in [0.29, 0.717) is 52.9 Å². The summed E-state index contributed by atoms with van der Waals surface area (Å²) in [5.74, 6) is -0.150. The summed E-state index contributed by atoms with van der Waals surface area (Å²) in [6.45, 7) is 5.24. The maximum atomic E-state index is 11.9. The number of nitriles is 1. The number of amidine groups is 2. The quantitative estimate of drug-likeness (QED) is 0.0918. The molecule has 0 aromatic heterocycles. The van der Waals surface area contributed by atoms with Crippen molar-refractivity contribution < 1.29 is 119 Å². The smallest absolute Gasteiger partial charge is 0.761 e. The molecule has 0 bridgehead atoms. The summed E-state index contributed by atoms with van der Waals surface area (Å²) >= 11 is 0. The first-order valence-electron chi connectivity index (χ1n) is 11.8. The van der Waals surface area contributed by atoms with E-state index < -0.39 is 46.8 Å². The molecule has 1 N–H and O–H groups in total. The first-order valence-corrected chi connectivity index (χ1v) is 11.8. The SMILES string of the molecule is COCCOCCOC.COCCOCCOC.N#CC1=NC(C(F)(F)F)=NC1=C=[N-].[N-]=C=C1N=C(C(F)(F)F)N=C1C#[NH+].[Na+].[Na+]. The summed E-state index contributed by atoms with van der Waals surface area (Å²) in [7, 11) is 6.61. The second-order valence-corrected chi connectivity index (χ2v) is 7.14. The maximum Gasteiger partial charge on any atom is 1.00 e. The van der Waals surface area contributed by atoms with Crippen molar-refractivity contribution in [3.8, 4) is 12.1 Å². The molecule has 2 heterocycles. The number of hydrogen-bond acceptors (Lipinski definition) is 11. The third-order valence-electron chi connectivity index (χ3n) is 3.99. The zero-order valence-electron chi connectivity index (χ0n) is 26.0. The largest absolute Gasteiger partial charge is 1.00 e. The van der Waals surface area contributed by atoms with E-state index in [1.807, 2.05) is 0 Å². The van der Waals surface area contributed by atoms with Crippen LogP contribution in [0.5, 0.6) is 0 Å². The Morgan fingerprint density at radius 1 is 0.609 bits per heavy atom. The zero-order valence-corrected chi connectivity index (χ0v) is 30.0.